The Morgan fingerprint density at radius 3 is 1.85 bits per heavy atom. The first-order chi connectivity index (χ1) is 9.56. The maximum atomic E-state index is 12.1. The number of carbonyl (C=O) groups is 2. The SMILES string of the molecule is O=C1c2ccccc2C(=O)N1Oc1cc(Cl)cc(Cl)c1. The minimum absolute atomic E-state index is 0.219. The van der Waals surface area contributed by atoms with Crippen LogP contribution in [0.15, 0.2) is 42.5 Å². The van der Waals surface area contributed by atoms with Crippen LogP contribution in [0.1, 0.15) is 20.7 Å². The van der Waals surface area contributed by atoms with E-state index in [1.165, 1.54) is 18.2 Å². The summed E-state index contributed by atoms with van der Waals surface area (Å²) >= 11 is 11.7. The van der Waals surface area contributed by atoms with Gasteiger partial charge >= 0.3 is 0 Å². The molecule has 6 heteroatoms. The molecule has 20 heavy (non-hydrogen) atoms. The topological polar surface area (TPSA) is 46.6 Å². The molecule has 1 aliphatic heterocycles. The van der Waals surface area contributed by atoms with E-state index in [4.69, 9.17) is 28.0 Å². The van der Waals surface area contributed by atoms with Gasteiger partial charge in [-0.2, -0.15) is 0 Å². The van der Waals surface area contributed by atoms with Crippen LogP contribution in [0.25, 0.3) is 0 Å². The van der Waals surface area contributed by atoms with Crippen molar-refractivity contribution in [2.75, 3.05) is 0 Å². The third-order valence-corrected chi connectivity index (χ3v) is 3.23. The Morgan fingerprint density at radius 1 is 0.850 bits per heavy atom. The highest BCUT2D eigenvalue weighted by Crippen LogP contribution is 2.28. The average molecular weight is 308 g/mol. The van der Waals surface area contributed by atoms with Crippen LogP contribution in [0, 0.1) is 0 Å². The van der Waals surface area contributed by atoms with Crippen molar-refractivity contribution in [3.05, 3.63) is 63.6 Å². The quantitative estimate of drug-likeness (QED) is 0.797. The molecular formula is C14H7Cl2NO3. The Kier molecular flexibility index (Phi) is 3.12. The van der Waals surface area contributed by atoms with Crippen LogP contribution in [-0.2, 0) is 0 Å². The Labute approximate surface area is 124 Å². The summed E-state index contributed by atoms with van der Waals surface area (Å²) < 4.78 is 0. The van der Waals surface area contributed by atoms with Gasteiger partial charge in [0, 0.05) is 22.2 Å². The zero-order valence-electron chi connectivity index (χ0n) is 9.97. The van der Waals surface area contributed by atoms with Gasteiger partial charge in [0.15, 0.2) is 5.75 Å². The lowest BCUT2D eigenvalue weighted by Crippen LogP contribution is -2.33. The number of hydrogen-bond donors (Lipinski definition) is 0. The molecule has 2 amide bonds. The maximum Gasteiger partial charge on any atom is 0.295 e. The molecule has 0 aliphatic carbocycles. The molecule has 3 rings (SSSR count). The second-order valence-corrected chi connectivity index (χ2v) is 5.02. The Balaban J connectivity index is 1.93. The van der Waals surface area contributed by atoms with Gasteiger partial charge in [0.25, 0.3) is 11.8 Å². The molecule has 0 saturated heterocycles. The Hall–Kier alpha value is -2.04. The number of benzene rings is 2. The van der Waals surface area contributed by atoms with Crippen molar-refractivity contribution in [3.8, 4) is 5.75 Å². The Bertz CT molecular complexity index is 675. The zero-order chi connectivity index (χ0) is 14.3. The fourth-order valence-corrected chi connectivity index (χ4v) is 2.44. The van der Waals surface area contributed by atoms with Gasteiger partial charge in [-0.25, -0.2) is 0 Å². The van der Waals surface area contributed by atoms with Crippen molar-refractivity contribution in [1.29, 1.82) is 0 Å². The van der Waals surface area contributed by atoms with Gasteiger partial charge in [0.1, 0.15) is 0 Å². The minimum Gasteiger partial charge on any atom is -0.368 e. The Morgan fingerprint density at radius 2 is 1.35 bits per heavy atom. The van der Waals surface area contributed by atoms with Crippen LogP contribution in [0.5, 0.6) is 5.75 Å². The number of imide groups is 1. The normalized spacial score (nSPS) is 13.6. The smallest absolute Gasteiger partial charge is 0.295 e. The number of rotatable bonds is 2. The highest BCUT2D eigenvalue weighted by Gasteiger charge is 2.37. The van der Waals surface area contributed by atoms with Crippen molar-refractivity contribution in [3.63, 3.8) is 0 Å². The van der Waals surface area contributed by atoms with Gasteiger partial charge in [-0.15, -0.1) is 0 Å². The lowest BCUT2D eigenvalue weighted by atomic mass is 10.1. The van der Waals surface area contributed by atoms with Crippen LogP contribution >= 0.6 is 23.2 Å². The summed E-state index contributed by atoms with van der Waals surface area (Å²) in [4.78, 5) is 29.5. The first kappa shape index (κ1) is 13.0. The van der Waals surface area contributed by atoms with Crippen LogP contribution in [-0.4, -0.2) is 16.9 Å². The van der Waals surface area contributed by atoms with Gasteiger partial charge in [-0.1, -0.05) is 40.4 Å². The second kappa shape index (κ2) is 4.81. The third kappa shape index (κ3) is 2.13. The summed E-state index contributed by atoms with van der Waals surface area (Å²) in [7, 11) is 0. The predicted molar refractivity (Wildman–Crippen MR) is 74.0 cm³/mol. The molecule has 0 saturated carbocycles. The molecule has 0 fully saturated rings. The fraction of sp³-hybridized carbons (Fsp3) is 0. The summed E-state index contributed by atoms with van der Waals surface area (Å²) in [6.45, 7) is 0. The summed E-state index contributed by atoms with van der Waals surface area (Å²) in [5, 5.41) is 1.40. The number of hydroxylamine groups is 2. The largest absolute Gasteiger partial charge is 0.368 e. The zero-order valence-corrected chi connectivity index (χ0v) is 11.5. The van der Waals surface area contributed by atoms with Crippen LogP contribution in [0.2, 0.25) is 10.0 Å². The fourth-order valence-electron chi connectivity index (χ4n) is 1.94. The molecule has 0 N–H and O–H groups in total. The number of nitrogens with zero attached hydrogens (tertiary/aromatic N) is 1. The van der Waals surface area contributed by atoms with Crippen LogP contribution < -0.4 is 4.84 Å². The van der Waals surface area contributed by atoms with E-state index >= 15 is 0 Å². The molecule has 0 bridgehead atoms. The van der Waals surface area contributed by atoms with Gasteiger partial charge in [-0.3, -0.25) is 9.59 Å². The van der Waals surface area contributed by atoms with Crippen LogP contribution in [0.4, 0.5) is 0 Å². The van der Waals surface area contributed by atoms with Crippen molar-refractivity contribution >= 4 is 35.0 Å². The van der Waals surface area contributed by atoms with E-state index in [0.29, 0.717) is 26.2 Å². The van der Waals surface area contributed by atoms with E-state index < -0.39 is 11.8 Å². The van der Waals surface area contributed by atoms with E-state index in [1.807, 2.05) is 0 Å². The van der Waals surface area contributed by atoms with Gasteiger partial charge < -0.3 is 4.84 Å². The summed E-state index contributed by atoms with van der Waals surface area (Å²) in [5.41, 5.74) is 0.622. The van der Waals surface area contributed by atoms with Crippen molar-refractivity contribution < 1.29 is 14.4 Å². The monoisotopic (exact) mass is 307 g/mol. The number of amides is 2. The molecule has 0 unspecified atom stereocenters. The summed E-state index contributed by atoms with van der Waals surface area (Å²) in [5.74, 6) is -0.805. The molecule has 1 aliphatic rings. The lowest BCUT2D eigenvalue weighted by molar-refractivity contribution is -0.0140. The van der Waals surface area contributed by atoms with Crippen molar-refractivity contribution in [1.82, 2.24) is 5.06 Å². The molecule has 1 heterocycles. The first-order valence-corrected chi connectivity index (χ1v) is 6.44. The first-order valence-electron chi connectivity index (χ1n) is 5.68. The number of halogens is 2. The van der Waals surface area contributed by atoms with Crippen molar-refractivity contribution in [2.45, 2.75) is 0 Å². The van der Waals surface area contributed by atoms with E-state index in [1.54, 1.807) is 24.3 Å². The van der Waals surface area contributed by atoms with Gasteiger partial charge in [0.05, 0.1) is 11.1 Å². The van der Waals surface area contributed by atoms with Crippen LogP contribution in [0.3, 0.4) is 0 Å². The maximum absolute atomic E-state index is 12.1. The highest BCUT2D eigenvalue weighted by atomic mass is 35.5. The summed E-state index contributed by atoms with van der Waals surface area (Å²) in [6, 6.07) is 11.0. The average Bonchev–Trinajstić information content (AvgIpc) is 2.64. The lowest BCUT2D eigenvalue weighted by Gasteiger charge is -2.14. The van der Waals surface area contributed by atoms with E-state index in [-0.39, 0.29) is 5.75 Å². The molecule has 0 atom stereocenters. The molecule has 100 valence electrons. The molecule has 4 nitrogen and oxygen atoms in total. The van der Waals surface area contributed by atoms with E-state index in [9.17, 15) is 9.59 Å². The highest BCUT2D eigenvalue weighted by molar-refractivity contribution is 6.34. The van der Waals surface area contributed by atoms with Gasteiger partial charge in [-0.05, 0) is 18.2 Å². The molecule has 0 spiro atoms. The number of carbonyl (C=O) groups excluding carboxylic acids is 2. The molecular weight excluding hydrogens is 301 g/mol. The number of fused-ring (bicyclic) bond motifs is 1. The minimum atomic E-state index is -0.512. The molecule has 0 radical (unpaired) electrons. The van der Waals surface area contributed by atoms with Crippen molar-refractivity contribution in [2.24, 2.45) is 0 Å². The predicted octanol–water partition coefficient (Wildman–Crippen LogP) is 3.58. The molecule has 0 aromatic heterocycles. The number of hydrogen-bond acceptors (Lipinski definition) is 3. The third-order valence-electron chi connectivity index (χ3n) is 2.79. The van der Waals surface area contributed by atoms with E-state index in [2.05, 4.69) is 0 Å². The second-order valence-electron chi connectivity index (χ2n) is 4.15. The molecule has 2 aromatic rings. The standard InChI is InChI=1S/C14H7Cl2NO3/c15-8-5-9(16)7-10(6-8)20-17-13(18)11-3-1-2-4-12(11)14(17)19/h1-7H. The molecule has 2 aromatic carbocycles. The van der Waals surface area contributed by atoms with E-state index in [0.717, 1.165) is 0 Å². The summed E-state index contributed by atoms with van der Waals surface area (Å²) in [6.07, 6.45) is 0. The van der Waals surface area contributed by atoms with Gasteiger partial charge in [0.2, 0.25) is 0 Å².